The van der Waals surface area contributed by atoms with Crippen LogP contribution in [0.1, 0.15) is 23.0 Å². The van der Waals surface area contributed by atoms with Gasteiger partial charge in [-0.3, -0.25) is 10.1 Å². The van der Waals surface area contributed by atoms with Crippen LogP contribution in [0.5, 0.6) is 5.75 Å². The molecule has 2 atom stereocenters. The van der Waals surface area contributed by atoms with Crippen LogP contribution >= 0.6 is 0 Å². The summed E-state index contributed by atoms with van der Waals surface area (Å²) in [6.45, 7) is 0. The summed E-state index contributed by atoms with van der Waals surface area (Å²) >= 11 is 0. The van der Waals surface area contributed by atoms with Crippen molar-refractivity contribution >= 4 is 16.9 Å². The van der Waals surface area contributed by atoms with Gasteiger partial charge >= 0.3 is 5.97 Å². The molecule has 0 unspecified atom stereocenters. The molecule has 0 radical (unpaired) electrons. The molecule has 7 heteroatoms. The van der Waals surface area contributed by atoms with Gasteiger partial charge in [0.25, 0.3) is 0 Å². The molecule has 118 valence electrons. The maximum absolute atomic E-state index is 11.5. The number of carboxylic acid groups (broad SMARTS) is 1. The van der Waals surface area contributed by atoms with E-state index in [0.29, 0.717) is 12.8 Å². The van der Waals surface area contributed by atoms with Gasteiger partial charge in [0.05, 0.1) is 12.4 Å². The summed E-state index contributed by atoms with van der Waals surface area (Å²) in [6, 6.07) is 4.30. The Kier molecular flexibility index (Phi) is 3.09. The number of carbonyl (C=O) groups is 1. The van der Waals surface area contributed by atoms with Crippen LogP contribution in [0.4, 0.5) is 0 Å². The van der Waals surface area contributed by atoms with Gasteiger partial charge in [0, 0.05) is 41.3 Å². The van der Waals surface area contributed by atoms with Gasteiger partial charge in [-0.15, -0.1) is 0 Å². The van der Waals surface area contributed by atoms with Crippen molar-refractivity contribution in [3.63, 3.8) is 0 Å². The molecule has 0 saturated carbocycles. The Morgan fingerprint density at radius 1 is 1.39 bits per heavy atom. The Hall–Kier alpha value is -2.80. The van der Waals surface area contributed by atoms with Gasteiger partial charge in [-0.25, -0.2) is 4.98 Å². The zero-order valence-corrected chi connectivity index (χ0v) is 12.2. The fourth-order valence-corrected chi connectivity index (χ4v) is 3.30. The maximum atomic E-state index is 11.5. The number of imidazole rings is 1. The lowest BCUT2D eigenvalue weighted by molar-refractivity contribution is -0.139. The van der Waals surface area contributed by atoms with Gasteiger partial charge in [-0.1, -0.05) is 0 Å². The number of nitrogens with zero attached hydrogens (tertiary/aromatic N) is 1. The summed E-state index contributed by atoms with van der Waals surface area (Å²) in [5.74, 6) is -0.699. The number of fused-ring (bicyclic) bond motifs is 3. The van der Waals surface area contributed by atoms with Gasteiger partial charge in [0.2, 0.25) is 0 Å². The zero-order valence-electron chi connectivity index (χ0n) is 12.2. The predicted molar refractivity (Wildman–Crippen MR) is 83.3 cm³/mol. The van der Waals surface area contributed by atoms with E-state index in [0.717, 1.165) is 27.9 Å². The summed E-state index contributed by atoms with van der Waals surface area (Å²) in [6.07, 6.45) is 4.33. The highest BCUT2D eigenvalue weighted by molar-refractivity contribution is 5.88. The smallest absolute Gasteiger partial charge is 0.321 e. The third-order valence-electron chi connectivity index (χ3n) is 4.36. The molecule has 4 rings (SSSR count). The molecule has 1 aromatic carbocycles. The lowest BCUT2D eigenvalue weighted by Gasteiger charge is -2.29. The maximum Gasteiger partial charge on any atom is 0.321 e. The monoisotopic (exact) mass is 312 g/mol. The van der Waals surface area contributed by atoms with Gasteiger partial charge < -0.3 is 20.2 Å². The summed E-state index contributed by atoms with van der Waals surface area (Å²) in [5, 5.41) is 23.2. The van der Waals surface area contributed by atoms with E-state index < -0.39 is 12.0 Å². The fourth-order valence-electron chi connectivity index (χ4n) is 3.30. The van der Waals surface area contributed by atoms with Crippen LogP contribution in [0, 0.1) is 0 Å². The Balaban J connectivity index is 1.82. The number of carboxylic acids is 1. The van der Waals surface area contributed by atoms with Crippen LogP contribution in [-0.2, 0) is 17.6 Å². The molecule has 23 heavy (non-hydrogen) atoms. The number of phenols is 1. The molecule has 1 aliphatic rings. The molecule has 0 bridgehead atoms. The van der Waals surface area contributed by atoms with Crippen LogP contribution in [0.15, 0.2) is 30.7 Å². The minimum Gasteiger partial charge on any atom is -0.508 e. The molecule has 0 aliphatic carbocycles. The number of aromatic hydroxyl groups is 1. The van der Waals surface area contributed by atoms with Crippen LogP contribution in [0.25, 0.3) is 10.9 Å². The number of benzene rings is 1. The first-order valence-corrected chi connectivity index (χ1v) is 7.41. The average molecular weight is 312 g/mol. The van der Waals surface area contributed by atoms with Crippen molar-refractivity contribution in [2.45, 2.75) is 24.9 Å². The second-order valence-corrected chi connectivity index (χ2v) is 5.84. The highest BCUT2D eigenvalue weighted by Crippen LogP contribution is 2.34. The second-order valence-electron chi connectivity index (χ2n) is 5.84. The zero-order chi connectivity index (χ0) is 16.0. The number of nitrogens with one attached hydrogen (secondary N) is 3. The third-order valence-corrected chi connectivity index (χ3v) is 4.36. The van der Waals surface area contributed by atoms with Gasteiger partial charge in [-0.2, -0.15) is 0 Å². The molecule has 3 heterocycles. The highest BCUT2D eigenvalue weighted by Gasteiger charge is 2.33. The van der Waals surface area contributed by atoms with Gasteiger partial charge in [0.15, 0.2) is 0 Å². The number of aromatic amines is 2. The number of phenolic OH excluding ortho intramolecular Hbond substituents is 1. The second kappa shape index (κ2) is 5.13. The standard InChI is InChI=1S/C16H16N4O3/c21-9-1-2-12-10(4-9)11-5-14(16(22)23)19-13(15(11)20-12)3-8-6-17-7-18-8/h1-2,4,6-7,13-14,19-21H,3,5H2,(H,17,18)(H,22,23)/t13-,14+/m1/s1. The topological polar surface area (TPSA) is 114 Å². The molecule has 1 aliphatic heterocycles. The molecule has 0 saturated heterocycles. The Labute approximate surface area is 131 Å². The van der Waals surface area contributed by atoms with Crippen molar-refractivity contribution in [1.82, 2.24) is 20.3 Å². The van der Waals surface area contributed by atoms with E-state index in [2.05, 4.69) is 20.3 Å². The lowest BCUT2D eigenvalue weighted by Crippen LogP contribution is -2.45. The van der Waals surface area contributed by atoms with Crippen LogP contribution < -0.4 is 5.32 Å². The minimum absolute atomic E-state index is 0.158. The normalized spacial score (nSPS) is 20.5. The van der Waals surface area contributed by atoms with E-state index in [4.69, 9.17) is 0 Å². The summed E-state index contributed by atoms with van der Waals surface area (Å²) < 4.78 is 0. The van der Waals surface area contributed by atoms with Crippen molar-refractivity contribution in [3.8, 4) is 5.75 Å². The van der Waals surface area contributed by atoms with Crippen molar-refractivity contribution in [2.24, 2.45) is 0 Å². The van der Waals surface area contributed by atoms with E-state index in [1.807, 2.05) is 6.07 Å². The van der Waals surface area contributed by atoms with Crippen molar-refractivity contribution in [1.29, 1.82) is 0 Å². The molecule has 3 aromatic rings. The summed E-state index contributed by atoms with van der Waals surface area (Å²) in [4.78, 5) is 21.9. The van der Waals surface area contributed by atoms with Gasteiger partial charge in [0.1, 0.15) is 11.8 Å². The molecular formula is C16H16N4O3. The predicted octanol–water partition coefficient (Wildman–Crippen LogP) is 1.48. The SMILES string of the molecule is O=C(O)[C@@H]1Cc2c([nH]c3ccc(O)cc23)[C@@H](Cc2cnc[nH]2)N1. The molecule has 0 amide bonds. The van der Waals surface area contributed by atoms with Crippen molar-refractivity contribution < 1.29 is 15.0 Å². The minimum atomic E-state index is -0.875. The largest absolute Gasteiger partial charge is 0.508 e. The summed E-state index contributed by atoms with van der Waals surface area (Å²) in [7, 11) is 0. The Morgan fingerprint density at radius 3 is 3.00 bits per heavy atom. The molecule has 5 N–H and O–H groups in total. The van der Waals surface area contributed by atoms with E-state index in [1.165, 1.54) is 0 Å². The fraction of sp³-hybridized carbons (Fsp3) is 0.250. The molecular weight excluding hydrogens is 296 g/mol. The number of hydrogen-bond donors (Lipinski definition) is 5. The van der Waals surface area contributed by atoms with Gasteiger partial charge in [-0.05, 0) is 23.8 Å². The molecule has 2 aromatic heterocycles. The van der Waals surface area contributed by atoms with Crippen molar-refractivity contribution in [2.75, 3.05) is 0 Å². The van der Waals surface area contributed by atoms with E-state index in [-0.39, 0.29) is 11.8 Å². The quantitative estimate of drug-likeness (QED) is 0.502. The first-order valence-electron chi connectivity index (χ1n) is 7.41. The average Bonchev–Trinajstić information content (AvgIpc) is 3.14. The van der Waals surface area contributed by atoms with Crippen LogP contribution in [-0.4, -0.2) is 37.2 Å². The number of aromatic nitrogens is 3. The van der Waals surface area contributed by atoms with Crippen LogP contribution in [0.2, 0.25) is 0 Å². The first kappa shape index (κ1) is 13.8. The summed E-state index contributed by atoms with van der Waals surface area (Å²) in [5.41, 5.74) is 3.75. The lowest BCUT2D eigenvalue weighted by atomic mass is 9.92. The van der Waals surface area contributed by atoms with E-state index >= 15 is 0 Å². The Morgan fingerprint density at radius 2 is 2.26 bits per heavy atom. The number of hydrogen-bond acceptors (Lipinski definition) is 4. The highest BCUT2D eigenvalue weighted by atomic mass is 16.4. The number of aliphatic carboxylic acids is 1. The van der Waals surface area contributed by atoms with Crippen molar-refractivity contribution in [3.05, 3.63) is 47.7 Å². The number of rotatable bonds is 3. The van der Waals surface area contributed by atoms with E-state index in [1.54, 1.807) is 24.7 Å². The third kappa shape index (κ3) is 2.35. The van der Waals surface area contributed by atoms with E-state index in [9.17, 15) is 15.0 Å². The number of H-pyrrole nitrogens is 2. The molecule has 0 spiro atoms. The molecule has 7 nitrogen and oxygen atoms in total. The first-order chi connectivity index (χ1) is 11.1. The molecule has 0 fully saturated rings. The Bertz CT molecular complexity index is 869. The van der Waals surface area contributed by atoms with Crippen LogP contribution in [0.3, 0.4) is 0 Å².